The number of aromatic nitrogens is 8. The first kappa shape index (κ1) is 24.9. The highest BCUT2D eigenvalue weighted by molar-refractivity contribution is 5.91. The second-order valence-electron chi connectivity index (χ2n) is 9.03. The van der Waals surface area contributed by atoms with Gasteiger partial charge in [-0.25, -0.2) is 19.9 Å². The Morgan fingerprint density at radius 2 is 1.11 bits per heavy atom. The van der Waals surface area contributed by atoms with Crippen molar-refractivity contribution in [3.8, 4) is 0 Å². The molecule has 1 aliphatic rings. The second-order valence-corrected chi connectivity index (χ2v) is 9.03. The molecule has 12 nitrogen and oxygen atoms in total. The van der Waals surface area contributed by atoms with E-state index in [0.29, 0.717) is 23.3 Å². The molecule has 4 heterocycles. The molecule has 0 spiro atoms. The van der Waals surface area contributed by atoms with Crippen molar-refractivity contribution in [2.45, 2.75) is 50.4 Å². The second kappa shape index (κ2) is 12.0. The number of rotatable bonds is 8. The highest BCUT2D eigenvalue weighted by Crippen LogP contribution is 2.40. The van der Waals surface area contributed by atoms with Crippen molar-refractivity contribution in [2.75, 3.05) is 10.6 Å². The number of nitrogens with one attached hydrogen (secondary N) is 2. The van der Waals surface area contributed by atoms with Crippen LogP contribution in [-0.4, -0.2) is 52.1 Å². The number of hydrogen-bond donors (Lipinski definition) is 2. The van der Waals surface area contributed by atoms with Gasteiger partial charge < -0.3 is 10.6 Å². The maximum atomic E-state index is 12.2. The van der Waals surface area contributed by atoms with Gasteiger partial charge in [0.2, 0.25) is 11.8 Å². The van der Waals surface area contributed by atoms with Gasteiger partial charge in [-0.15, -0.1) is 10.2 Å². The van der Waals surface area contributed by atoms with E-state index >= 15 is 0 Å². The Morgan fingerprint density at radius 1 is 0.658 bits per heavy atom. The fourth-order valence-corrected chi connectivity index (χ4v) is 4.48. The first-order valence-corrected chi connectivity index (χ1v) is 12.4. The topological polar surface area (TPSA) is 161 Å². The molecule has 12 heteroatoms. The molecule has 4 aromatic rings. The predicted octanol–water partition coefficient (Wildman–Crippen LogP) is 2.65. The van der Waals surface area contributed by atoms with Gasteiger partial charge in [0, 0.05) is 36.6 Å². The van der Waals surface area contributed by atoms with Gasteiger partial charge in [-0.3, -0.25) is 9.59 Å². The summed E-state index contributed by atoms with van der Waals surface area (Å²) in [5.41, 5.74) is 1.78. The molecule has 0 aliphatic heterocycles. The zero-order valence-corrected chi connectivity index (χ0v) is 20.6. The summed E-state index contributed by atoms with van der Waals surface area (Å²) in [7, 11) is 0. The molecule has 0 saturated heterocycles. The van der Waals surface area contributed by atoms with Gasteiger partial charge in [0.25, 0.3) is 0 Å². The summed E-state index contributed by atoms with van der Waals surface area (Å²) in [6, 6.07) is 10.8. The van der Waals surface area contributed by atoms with Crippen LogP contribution < -0.4 is 10.6 Å². The summed E-state index contributed by atoms with van der Waals surface area (Å²) in [4.78, 5) is 40.7. The average molecular weight is 511 g/mol. The average Bonchev–Trinajstić information content (AvgIpc) is 2.95. The Labute approximate surface area is 218 Å². The molecule has 4 aromatic heterocycles. The molecule has 1 aliphatic carbocycles. The van der Waals surface area contributed by atoms with Crippen molar-refractivity contribution in [3.05, 3.63) is 84.2 Å². The van der Waals surface area contributed by atoms with Gasteiger partial charge in [0.05, 0.1) is 24.2 Å². The lowest BCUT2D eigenvalue weighted by atomic mass is 9.78. The number of amides is 2. The Morgan fingerprint density at radius 3 is 1.50 bits per heavy atom. The van der Waals surface area contributed by atoms with E-state index in [4.69, 9.17) is 0 Å². The van der Waals surface area contributed by atoms with Gasteiger partial charge in [-0.2, -0.15) is 10.2 Å². The molecule has 38 heavy (non-hydrogen) atoms. The van der Waals surface area contributed by atoms with Gasteiger partial charge >= 0.3 is 0 Å². The number of hydrogen-bond acceptors (Lipinski definition) is 10. The monoisotopic (exact) mass is 510 g/mol. The Hall–Kier alpha value is -4.74. The van der Waals surface area contributed by atoms with Crippen LogP contribution in [0, 0.1) is 0 Å². The fraction of sp³-hybridized carbons (Fsp3) is 0.308. The number of carbonyl (C=O) groups is 2. The first-order chi connectivity index (χ1) is 18.6. The third kappa shape index (κ3) is 6.72. The zero-order chi connectivity index (χ0) is 26.2. The van der Waals surface area contributed by atoms with Gasteiger partial charge in [0.15, 0.2) is 11.6 Å². The number of nitrogens with zero attached hydrogens (tertiary/aromatic N) is 8. The third-order valence-corrected chi connectivity index (χ3v) is 6.29. The van der Waals surface area contributed by atoms with Crippen molar-refractivity contribution < 1.29 is 9.59 Å². The maximum absolute atomic E-state index is 12.2. The molecule has 5 rings (SSSR count). The molecule has 0 aromatic carbocycles. The van der Waals surface area contributed by atoms with Gasteiger partial charge in [0.1, 0.15) is 11.6 Å². The molecule has 1 saturated carbocycles. The van der Waals surface area contributed by atoms with Crippen LogP contribution in [0.25, 0.3) is 0 Å². The molecular formula is C26H26N10O2. The van der Waals surface area contributed by atoms with Crippen LogP contribution in [0.5, 0.6) is 0 Å². The first-order valence-electron chi connectivity index (χ1n) is 12.4. The Bertz CT molecular complexity index is 1250. The lowest BCUT2D eigenvalue weighted by Crippen LogP contribution is -2.19. The lowest BCUT2D eigenvalue weighted by Gasteiger charge is -2.28. The quantitative estimate of drug-likeness (QED) is 0.360. The summed E-state index contributed by atoms with van der Waals surface area (Å²) < 4.78 is 0. The van der Waals surface area contributed by atoms with Gasteiger partial charge in [-0.05, 0) is 55.7 Å². The summed E-state index contributed by atoms with van der Waals surface area (Å²) >= 11 is 0. The lowest BCUT2D eigenvalue weighted by molar-refractivity contribution is -0.116. The van der Waals surface area contributed by atoms with Crippen LogP contribution in [0.4, 0.5) is 11.6 Å². The largest absolute Gasteiger partial charge is 0.309 e. The minimum Gasteiger partial charge on any atom is -0.309 e. The van der Waals surface area contributed by atoms with Crippen LogP contribution in [0.15, 0.2) is 61.2 Å². The van der Waals surface area contributed by atoms with E-state index in [1.165, 1.54) is 0 Å². The molecule has 2 N–H and O–H groups in total. The van der Waals surface area contributed by atoms with Crippen LogP contribution in [-0.2, 0) is 22.4 Å². The number of anilines is 2. The highest BCUT2D eigenvalue weighted by atomic mass is 16.2. The van der Waals surface area contributed by atoms with Crippen molar-refractivity contribution in [2.24, 2.45) is 0 Å². The van der Waals surface area contributed by atoms with Crippen molar-refractivity contribution in [3.63, 3.8) is 0 Å². The van der Waals surface area contributed by atoms with Crippen LogP contribution in [0.1, 0.15) is 60.6 Å². The molecule has 0 unspecified atom stereocenters. The van der Waals surface area contributed by atoms with E-state index in [-0.39, 0.29) is 36.5 Å². The smallest absolute Gasteiger partial charge is 0.233 e. The minimum absolute atomic E-state index is 0.0690. The summed E-state index contributed by atoms with van der Waals surface area (Å²) in [6.07, 6.45) is 10.5. The molecule has 2 amide bonds. The summed E-state index contributed by atoms with van der Waals surface area (Å²) in [5.74, 6) is 1.65. The van der Waals surface area contributed by atoms with E-state index in [9.17, 15) is 9.59 Å². The van der Waals surface area contributed by atoms with E-state index in [2.05, 4.69) is 51.0 Å². The summed E-state index contributed by atoms with van der Waals surface area (Å²) in [5, 5.41) is 22.6. The van der Waals surface area contributed by atoms with Crippen molar-refractivity contribution in [1.82, 2.24) is 40.3 Å². The van der Waals surface area contributed by atoms with E-state index in [0.717, 1.165) is 37.1 Å². The third-order valence-electron chi connectivity index (χ3n) is 6.29. The van der Waals surface area contributed by atoms with Crippen molar-refractivity contribution >= 4 is 23.5 Å². The molecular weight excluding hydrogens is 484 g/mol. The SMILES string of the molecule is O=C(Cc1ncccn1)Nc1ccc([C@@H]2CCC[C@@H](c3ccc(NC(=O)Cc4ncccn4)nn3)C2)nn1. The molecule has 1 fully saturated rings. The van der Waals surface area contributed by atoms with Gasteiger partial charge in [-0.1, -0.05) is 6.42 Å². The predicted molar refractivity (Wildman–Crippen MR) is 137 cm³/mol. The van der Waals surface area contributed by atoms with Crippen LogP contribution in [0.2, 0.25) is 0 Å². The van der Waals surface area contributed by atoms with E-state index in [1.54, 1.807) is 49.1 Å². The summed E-state index contributed by atoms with van der Waals surface area (Å²) in [6.45, 7) is 0. The number of carbonyl (C=O) groups excluding carboxylic acids is 2. The van der Waals surface area contributed by atoms with Crippen LogP contribution in [0.3, 0.4) is 0 Å². The van der Waals surface area contributed by atoms with E-state index in [1.807, 2.05) is 12.1 Å². The minimum atomic E-state index is -0.248. The van der Waals surface area contributed by atoms with Crippen molar-refractivity contribution in [1.29, 1.82) is 0 Å². The zero-order valence-electron chi connectivity index (χ0n) is 20.6. The molecule has 0 radical (unpaired) electrons. The standard InChI is InChI=1S/C26H26N10O2/c37-25(15-23-27-10-2-11-28-23)31-21-8-6-19(33-35-21)17-4-1-5-18(14-17)20-7-9-22(36-34-20)32-26(38)16-24-29-12-3-13-30-24/h2-3,6-13,17-18H,1,4-5,14-16H2,(H,31,35,37)(H,32,36,38)/t17-,18-/m1/s1. The normalized spacial score (nSPS) is 16.9. The Balaban J connectivity index is 1.14. The van der Waals surface area contributed by atoms with E-state index < -0.39 is 0 Å². The highest BCUT2D eigenvalue weighted by Gasteiger charge is 2.27. The maximum Gasteiger partial charge on any atom is 0.233 e. The Kier molecular flexibility index (Phi) is 7.87. The molecule has 2 atom stereocenters. The fourth-order valence-electron chi connectivity index (χ4n) is 4.48. The molecule has 0 bridgehead atoms. The van der Waals surface area contributed by atoms with Crippen LogP contribution >= 0.6 is 0 Å². The molecule has 192 valence electrons.